The monoisotopic (exact) mass is 345 g/mol. The Morgan fingerprint density at radius 1 is 1.04 bits per heavy atom. The molecule has 0 radical (unpaired) electrons. The Morgan fingerprint density at radius 3 is 2.62 bits per heavy atom. The zero-order chi connectivity index (χ0) is 16.9. The van der Waals surface area contributed by atoms with Gasteiger partial charge in [0.05, 0.1) is 0 Å². The van der Waals surface area contributed by atoms with E-state index in [1.807, 2.05) is 35.7 Å². The van der Waals surface area contributed by atoms with Gasteiger partial charge in [-0.2, -0.15) is 8.78 Å². The molecule has 6 heteroatoms. The summed E-state index contributed by atoms with van der Waals surface area (Å²) in [5.74, 6) is -0.442. The molecule has 0 bridgehead atoms. The van der Waals surface area contributed by atoms with Crippen LogP contribution in [-0.4, -0.2) is 12.5 Å². The van der Waals surface area contributed by atoms with Gasteiger partial charge in [-0.05, 0) is 35.7 Å². The molecule has 0 atom stereocenters. The van der Waals surface area contributed by atoms with Crippen molar-refractivity contribution in [3.8, 4) is 16.2 Å². The third kappa shape index (κ3) is 3.78. The van der Waals surface area contributed by atoms with Crippen LogP contribution in [0.25, 0.3) is 10.4 Å². The number of halogens is 2. The molecule has 0 aliphatic heterocycles. The molecule has 3 nitrogen and oxygen atoms in total. The number of benzene rings is 2. The summed E-state index contributed by atoms with van der Waals surface area (Å²) < 4.78 is 28.9. The topological polar surface area (TPSA) is 38.3 Å². The number of thiophene rings is 1. The lowest BCUT2D eigenvalue weighted by Gasteiger charge is -2.11. The lowest BCUT2D eigenvalue weighted by Crippen LogP contribution is -2.13. The van der Waals surface area contributed by atoms with Gasteiger partial charge >= 0.3 is 6.61 Å². The zero-order valence-corrected chi connectivity index (χ0v) is 13.2. The van der Waals surface area contributed by atoms with E-state index < -0.39 is 12.5 Å². The SMILES string of the molecule is O=C(Nc1ccccc1-c1cccs1)c1cccc(OC(F)F)c1. The van der Waals surface area contributed by atoms with Crippen LogP contribution in [0.2, 0.25) is 0 Å². The fourth-order valence-corrected chi connectivity index (χ4v) is 3.01. The van der Waals surface area contributed by atoms with Crippen LogP contribution in [0.5, 0.6) is 5.75 Å². The van der Waals surface area contributed by atoms with E-state index in [1.165, 1.54) is 18.2 Å². The highest BCUT2D eigenvalue weighted by atomic mass is 32.1. The molecule has 122 valence electrons. The first-order chi connectivity index (χ1) is 11.6. The largest absolute Gasteiger partial charge is 0.435 e. The van der Waals surface area contributed by atoms with E-state index in [0.717, 1.165) is 10.4 Å². The number of hydrogen-bond acceptors (Lipinski definition) is 3. The molecule has 3 aromatic rings. The van der Waals surface area contributed by atoms with Crippen molar-refractivity contribution in [1.29, 1.82) is 0 Å². The lowest BCUT2D eigenvalue weighted by atomic mass is 10.1. The quantitative estimate of drug-likeness (QED) is 0.684. The van der Waals surface area contributed by atoms with E-state index >= 15 is 0 Å². The minimum atomic E-state index is -2.93. The molecular formula is C18H13F2NO2S. The summed E-state index contributed by atoms with van der Waals surface area (Å²) in [5.41, 5.74) is 1.81. The predicted molar refractivity (Wildman–Crippen MR) is 90.8 cm³/mol. The number of hydrogen-bond donors (Lipinski definition) is 1. The number of nitrogens with one attached hydrogen (secondary N) is 1. The summed E-state index contributed by atoms with van der Waals surface area (Å²) in [6.07, 6.45) is 0. The van der Waals surface area contributed by atoms with Crippen molar-refractivity contribution in [2.75, 3.05) is 5.32 Å². The second kappa shape index (κ2) is 7.23. The molecule has 2 aromatic carbocycles. The van der Waals surface area contributed by atoms with Crippen molar-refractivity contribution < 1.29 is 18.3 Å². The number of rotatable bonds is 5. The van der Waals surface area contributed by atoms with Gasteiger partial charge in [0.25, 0.3) is 5.91 Å². The molecule has 0 saturated carbocycles. The Labute approximate surface area is 141 Å². The molecule has 0 spiro atoms. The fraction of sp³-hybridized carbons (Fsp3) is 0.0556. The molecule has 3 rings (SSSR count). The molecule has 0 aliphatic rings. The number of ether oxygens (including phenoxy) is 1. The molecule has 24 heavy (non-hydrogen) atoms. The first-order valence-electron chi connectivity index (χ1n) is 7.12. The number of anilines is 1. The highest BCUT2D eigenvalue weighted by Gasteiger charge is 2.12. The molecule has 0 unspecified atom stereocenters. The summed E-state index contributed by atoms with van der Waals surface area (Å²) in [7, 11) is 0. The number of amides is 1. The van der Waals surface area contributed by atoms with Gasteiger partial charge in [0.15, 0.2) is 0 Å². The second-order valence-electron chi connectivity index (χ2n) is 4.88. The molecule has 0 fully saturated rings. The van der Waals surface area contributed by atoms with Gasteiger partial charge in [0.2, 0.25) is 0 Å². The highest BCUT2D eigenvalue weighted by molar-refractivity contribution is 7.13. The Hall–Kier alpha value is -2.73. The number of carbonyl (C=O) groups excluding carboxylic acids is 1. The van der Waals surface area contributed by atoms with Gasteiger partial charge in [-0.3, -0.25) is 4.79 Å². The van der Waals surface area contributed by atoms with Gasteiger partial charge in [0, 0.05) is 21.7 Å². The van der Waals surface area contributed by atoms with Crippen LogP contribution in [0.4, 0.5) is 14.5 Å². The van der Waals surface area contributed by atoms with E-state index in [2.05, 4.69) is 10.1 Å². The van der Waals surface area contributed by atoms with Crippen LogP contribution in [0.15, 0.2) is 66.0 Å². The van der Waals surface area contributed by atoms with E-state index in [1.54, 1.807) is 23.5 Å². The molecule has 1 N–H and O–H groups in total. The Bertz CT molecular complexity index is 835. The highest BCUT2D eigenvalue weighted by Crippen LogP contribution is 2.31. The van der Waals surface area contributed by atoms with Gasteiger partial charge in [0.1, 0.15) is 5.75 Å². The molecule has 1 aromatic heterocycles. The minimum Gasteiger partial charge on any atom is -0.435 e. The van der Waals surface area contributed by atoms with Crippen LogP contribution in [0, 0.1) is 0 Å². The first-order valence-corrected chi connectivity index (χ1v) is 8.00. The number of para-hydroxylation sites is 1. The minimum absolute atomic E-state index is 0.0517. The van der Waals surface area contributed by atoms with E-state index in [9.17, 15) is 13.6 Å². The van der Waals surface area contributed by atoms with Gasteiger partial charge in [-0.1, -0.05) is 30.3 Å². The Kier molecular flexibility index (Phi) is 4.86. The van der Waals surface area contributed by atoms with Crippen LogP contribution >= 0.6 is 11.3 Å². The number of alkyl halides is 2. The van der Waals surface area contributed by atoms with Crippen LogP contribution in [0.3, 0.4) is 0 Å². The summed E-state index contributed by atoms with van der Waals surface area (Å²) >= 11 is 1.57. The summed E-state index contributed by atoms with van der Waals surface area (Å²) in [6, 6.07) is 17.0. The van der Waals surface area contributed by atoms with Crippen molar-refractivity contribution in [2.45, 2.75) is 6.61 Å². The third-order valence-corrected chi connectivity index (χ3v) is 4.19. The van der Waals surface area contributed by atoms with Crippen molar-refractivity contribution in [3.05, 3.63) is 71.6 Å². The van der Waals surface area contributed by atoms with Crippen LogP contribution in [0.1, 0.15) is 10.4 Å². The maximum absolute atomic E-state index is 12.4. The summed E-state index contributed by atoms with van der Waals surface area (Å²) in [5, 5.41) is 4.78. The zero-order valence-electron chi connectivity index (χ0n) is 12.4. The lowest BCUT2D eigenvalue weighted by molar-refractivity contribution is -0.0498. The smallest absolute Gasteiger partial charge is 0.387 e. The van der Waals surface area contributed by atoms with Crippen molar-refractivity contribution in [1.82, 2.24) is 0 Å². The molecular weight excluding hydrogens is 332 g/mol. The molecule has 0 aliphatic carbocycles. The molecule has 1 heterocycles. The summed E-state index contributed by atoms with van der Waals surface area (Å²) in [6.45, 7) is -2.93. The van der Waals surface area contributed by atoms with E-state index in [4.69, 9.17) is 0 Å². The van der Waals surface area contributed by atoms with Crippen molar-refractivity contribution >= 4 is 22.9 Å². The van der Waals surface area contributed by atoms with E-state index in [-0.39, 0.29) is 11.3 Å². The predicted octanol–water partition coefficient (Wildman–Crippen LogP) is 5.27. The average molecular weight is 345 g/mol. The van der Waals surface area contributed by atoms with Gasteiger partial charge in [-0.15, -0.1) is 11.3 Å². The second-order valence-corrected chi connectivity index (χ2v) is 5.83. The van der Waals surface area contributed by atoms with Crippen molar-refractivity contribution in [3.63, 3.8) is 0 Å². The van der Waals surface area contributed by atoms with Gasteiger partial charge < -0.3 is 10.1 Å². The Morgan fingerprint density at radius 2 is 1.88 bits per heavy atom. The van der Waals surface area contributed by atoms with Gasteiger partial charge in [-0.25, -0.2) is 0 Å². The summed E-state index contributed by atoms with van der Waals surface area (Å²) in [4.78, 5) is 13.5. The third-order valence-electron chi connectivity index (χ3n) is 3.28. The average Bonchev–Trinajstić information content (AvgIpc) is 3.09. The fourth-order valence-electron chi connectivity index (χ4n) is 2.25. The van der Waals surface area contributed by atoms with E-state index in [0.29, 0.717) is 5.69 Å². The normalized spacial score (nSPS) is 10.6. The Balaban J connectivity index is 1.83. The molecule has 0 saturated heterocycles. The van der Waals surface area contributed by atoms with Crippen LogP contribution < -0.4 is 10.1 Å². The standard InChI is InChI=1S/C18H13F2NO2S/c19-18(20)23-13-6-3-5-12(11-13)17(22)21-15-8-2-1-7-14(15)16-9-4-10-24-16/h1-11,18H,(H,21,22). The van der Waals surface area contributed by atoms with Crippen molar-refractivity contribution in [2.24, 2.45) is 0 Å². The maximum Gasteiger partial charge on any atom is 0.387 e. The maximum atomic E-state index is 12.4. The number of carbonyl (C=O) groups is 1. The first kappa shape index (κ1) is 16.1. The molecule has 1 amide bonds. The van der Waals surface area contributed by atoms with Crippen LogP contribution in [-0.2, 0) is 0 Å².